The monoisotopic (exact) mass is 463 g/mol. The Kier molecular flexibility index (Phi) is 9.20. The lowest BCUT2D eigenvalue weighted by Gasteiger charge is -2.18. The maximum atomic E-state index is 12.6. The Balaban J connectivity index is 2.41. The Morgan fingerprint density at radius 1 is 1.22 bits per heavy atom. The topological polar surface area (TPSA) is 137 Å². The normalized spacial score (nSPS) is 10.4. The average Bonchev–Trinajstić information content (AvgIpc) is 2.78. The summed E-state index contributed by atoms with van der Waals surface area (Å²) in [6.45, 7) is 6.37. The number of amides is 1. The SMILES string of the molecule is CCOC(=O)CNc1nc(SC)nc(Oc2cccc(C(=O)N(CC)CC)c2)c1[N+](=O)[O-]. The van der Waals surface area contributed by atoms with E-state index in [1.165, 1.54) is 6.07 Å². The number of hydrogen-bond donors (Lipinski definition) is 1. The van der Waals surface area contributed by atoms with Crippen LogP contribution in [0.25, 0.3) is 0 Å². The van der Waals surface area contributed by atoms with Crippen LogP contribution in [0, 0.1) is 10.1 Å². The summed E-state index contributed by atoms with van der Waals surface area (Å²) >= 11 is 1.15. The molecule has 0 atom stereocenters. The summed E-state index contributed by atoms with van der Waals surface area (Å²) < 4.78 is 10.5. The standard InChI is InChI=1S/C20H25N5O6S/c1-5-24(6-2)19(27)13-9-8-10-14(11-13)31-18-16(25(28)29)17(22-20(23-18)32-4)21-12-15(26)30-7-3/h8-11H,5-7,12H2,1-4H3,(H,21,22,23). The summed E-state index contributed by atoms with van der Waals surface area (Å²) in [6, 6.07) is 6.32. The summed E-state index contributed by atoms with van der Waals surface area (Å²) in [5.74, 6) is -1.05. The van der Waals surface area contributed by atoms with Gasteiger partial charge in [0.1, 0.15) is 12.3 Å². The molecule has 0 spiro atoms. The van der Waals surface area contributed by atoms with E-state index in [-0.39, 0.29) is 41.7 Å². The maximum Gasteiger partial charge on any atom is 0.373 e. The van der Waals surface area contributed by atoms with E-state index in [0.29, 0.717) is 18.7 Å². The highest BCUT2D eigenvalue weighted by molar-refractivity contribution is 7.98. The van der Waals surface area contributed by atoms with Crippen molar-refractivity contribution in [3.05, 3.63) is 39.9 Å². The molecule has 1 N–H and O–H groups in total. The molecule has 12 heteroatoms. The predicted octanol–water partition coefficient (Wildman–Crippen LogP) is 3.36. The number of aromatic nitrogens is 2. The van der Waals surface area contributed by atoms with E-state index in [0.717, 1.165) is 11.8 Å². The first-order chi connectivity index (χ1) is 15.3. The molecule has 0 aliphatic carbocycles. The van der Waals surface area contributed by atoms with E-state index in [1.807, 2.05) is 13.8 Å². The lowest BCUT2D eigenvalue weighted by atomic mass is 10.2. The van der Waals surface area contributed by atoms with Crippen molar-refractivity contribution in [2.75, 3.05) is 37.8 Å². The largest absolute Gasteiger partial charge is 0.465 e. The Morgan fingerprint density at radius 3 is 2.53 bits per heavy atom. The minimum atomic E-state index is -0.697. The minimum absolute atomic E-state index is 0.173. The quantitative estimate of drug-likeness (QED) is 0.174. The molecule has 172 valence electrons. The molecule has 0 fully saturated rings. The molecule has 0 aliphatic rings. The lowest BCUT2D eigenvalue weighted by molar-refractivity contribution is -0.385. The molecule has 1 aromatic heterocycles. The van der Waals surface area contributed by atoms with Crippen LogP contribution in [0.3, 0.4) is 0 Å². The number of esters is 1. The molecule has 11 nitrogen and oxygen atoms in total. The molecule has 2 rings (SSSR count). The van der Waals surface area contributed by atoms with Crippen molar-refractivity contribution in [3.8, 4) is 11.6 Å². The van der Waals surface area contributed by atoms with Gasteiger partial charge in [-0.1, -0.05) is 17.8 Å². The van der Waals surface area contributed by atoms with Crippen LogP contribution in [-0.2, 0) is 9.53 Å². The number of hydrogen-bond acceptors (Lipinski definition) is 10. The molecule has 0 unspecified atom stereocenters. The zero-order valence-electron chi connectivity index (χ0n) is 18.3. The number of rotatable bonds is 11. The van der Waals surface area contributed by atoms with Crippen LogP contribution in [0.2, 0.25) is 0 Å². The molecule has 1 aromatic carbocycles. The zero-order valence-corrected chi connectivity index (χ0v) is 19.1. The van der Waals surface area contributed by atoms with E-state index < -0.39 is 16.6 Å². The van der Waals surface area contributed by atoms with Crippen LogP contribution in [0.5, 0.6) is 11.6 Å². The number of thioether (sulfide) groups is 1. The third-order valence-corrected chi connectivity index (χ3v) is 4.80. The van der Waals surface area contributed by atoms with Gasteiger partial charge in [0.2, 0.25) is 5.82 Å². The first-order valence-electron chi connectivity index (χ1n) is 9.91. The van der Waals surface area contributed by atoms with E-state index in [9.17, 15) is 19.7 Å². The van der Waals surface area contributed by atoms with Gasteiger partial charge in [0.05, 0.1) is 11.5 Å². The fourth-order valence-corrected chi connectivity index (χ4v) is 3.09. The van der Waals surface area contributed by atoms with Crippen molar-refractivity contribution >= 4 is 35.1 Å². The van der Waals surface area contributed by atoms with Gasteiger partial charge in [0.25, 0.3) is 5.91 Å². The van der Waals surface area contributed by atoms with Gasteiger partial charge in [-0.2, -0.15) is 9.97 Å². The van der Waals surface area contributed by atoms with E-state index in [2.05, 4.69) is 15.3 Å². The van der Waals surface area contributed by atoms with Gasteiger partial charge in [0, 0.05) is 18.7 Å². The second-order valence-electron chi connectivity index (χ2n) is 6.24. The third kappa shape index (κ3) is 6.30. The smallest absolute Gasteiger partial charge is 0.373 e. The molecule has 0 radical (unpaired) electrons. The summed E-state index contributed by atoms with van der Waals surface area (Å²) in [7, 11) is 0. The second-order valence-corrected chi connectivity index (χ2v) is 7.01. The van der Waals surface area contributed by atoms with Gasteiger partial charge in [-0.15, -0.1) is 0 Å². The molecular formula is C20H25N5O6S. The van der Waals surface area contributed by atoms with Crippen molar-refractivity contribution < 1.29 is 24.0 Å². The highest BCUT2D eigenvalue weighted by atomic mass is 32.2. The van der Waals surface area contributed by atoms with Crippen LogP contribution in [0.1, 0.15) is 31.1 Å². The fraction of sp³-hybridized carbons (Fsp3) is 0.400. The fourth-order valence-electron chi connectivity index (χ4n) is 2.73. The number of nitrogens with zero attached hydrogens (tertiary/aromatic N) is 4. The first-order valence-corrected chi connectivity index (χ1v) is 11.1. The van der Waals surface area contributed by atoms with Crippen molar-refractivity contribution in [1.82, 2.24) is 14.9 Å². The molecule has 0 saturated carbocycles. The van der Waals surface area contributed by atoms with E-state index >= 15 is 0 Å². The summed E-state index contributed by atoms with van der Waals surface area (Å²) in [4.78, 5) is 45.2. The number of anilines is 1. The predicted molar refractivity (Wildman–Crippen MR) is 119 cm³/mol. The Hall–Kier alpha value is -3.41. The van der Waals surface area contributed by atoms with Crippen LogP contribution < -0.4 is 10.1 Å². The van der Waals surface area contributed by atoms with Crippen molar-refractivity contribution in [2.45, 2.75) is 25.9 Å². The number of nitrogens with one attached hydrogen (secondary N) is 1. The van der Waals surface area contributed by atoms with Gasteiger partial charge >= 0.3 is 17.5 Å². The molecule has 32 heavy (non-hydrogen) atoms. The molecule has 1 heterocycles. The van der Waals surface area contributed by atoms with E-state index in [4.69, 9.17) is 9.47 Å². The third-order valence-electron chi connectivity index (χ3n) is 4.25. The van der Waals surface area contributed by atoms with Gasteiger partial charge < -0.3 is 19.7 Å². The van der Waals surface area contributed by atoms with Crippen LogP contribution in [-0.4, -0.2) is 64.2 Å². The zero-order chi connectivity index (χ0) is 23.7. The number of carbonyl (C=O) groups is 2. The van der Waals surface area contributed by atoms with Gasteiger partial charge in [-0.3, -0.25) is 19.7 Å². The average molecular weight is 464 g/mol. The van der Waals surface area contributed by atoms with Gasteiger partial charge in [-0.05, 0) is 45.2 Å². The summed E-state index contributed by atoms with van der Waals surface area (Å²) in [6.07, 6.45) is 1.70. The maximum absolute atomic E-state index is 12.6. The van der Waals surface area contributed by atoms with Gasteiger partial charge in [0.15, 0.2) is 5.16 Å². The minimum Gasteiger partial charge on any atom is -0.465 e. The van der Waals surface area contributed by atoms with Gasteiger partial charge in [-0.25, -0.2) is 0 Å². The Bertz CT molecular complexity index is 983. The highest BCUT2D eigenvalue weighted by Crippen LogP contribution is 2.36. The number of nitro groups is 1. The molecular weight excluding hydrogens is 438 g/mol. The highest BCUT2D eigenvalue weighted by Gasteiger charge is 2.28. The summed E-state index contributed by atoms with van der Waals surface area (Å²) in [5, 5.41) is 14.6. The molecule has 1 amide bonds. The van der Waals surface area contributed by atoms with Crippen LogP contribution >= 0.6 is 11.8 Å². The Labute approximate surface area is 189 Å². The molecule has 0 bridgehead atoms. The molecule has 2 aromatic rings. The van der Waals surface area contributed by atoms with Crippen molar-refractivity contribution in [3.63, 3.8) is 0 Å². The molecule has 0 saturated heterocycles. The summed E-state index contributed by atoms with van der Waals surface area (Å²) in [5.41, 5.74) is -0.152. The Morgan fingerprint density at radius 2 is 1.94 bits per heavy atom. The van der Waals surface area contributed by atoms with Crippen molar-refractivity contribution in [2.24, 2.45) is 0 Å². The van der Waals surface area contributed by atoms with Crippen LogP contribution in [0.15, 0.2) is 29.4 Å². The van der Waals surface area contributed by atoms with E-state index in [1.54, 1.807) is 36.3 Å². The van der Waals surface area contributed by atoms with Crippen LogP contribution in [0.4, 0.5) is 11.5 Å². The number of ether oxygens (including phenoxy) is 2. The first kappa shape index (κ1) is 24.9. The second kappa shape index (κ2) is 11.8. The molecule has 0 aliphatic heterocycles. The lowest BCUT2D eigenvalue weighted by Crippen LogP contribution is -2.30. The van der Waals surface area contributed by atoms with Crippen molar-refractivity contribution in [1.29, 1.82) is 0 Å². The number of benzene rings is 1. The number of carbonyl (C=O) groups excluding carboxylic acids is 2.